The van der Waals surface area contributed by atoms with Crippen LogP contribution in [0.25, 0.3) is 0 Å². The second kappa shape index (κ2) is 4.19. The Balaban J connectivity index is 2.95. The molecule has 0 aliphatic rings. The van der Waals surface area contributed by atoms with Crippen molar-refractivity contribution in [1.82, 2.24) is 5.32 Å². The summed E-state index contributed by atoms with van der Waals surface area (Å²) in [4.78, 5) is 11.6. The van der Waals surface area contributed by atoms with Gasteiger partial charge in [-0.15, -0.1) is 0 Å². The van der Waals surface area contributed by atoms with Crippen LogP contribution in [0.1, 0.15) is 24.2 Å². The average molecular weight is 222 g/mol. The SMILES string of the molecule is CC(C)(C#N)NC(=O)c1ccc(O)cc1F. The van der Waals surface area contributed by atoms with E-state index in [2.05, 4.69) is 5.32 Å². The van der Waals surface area contributed by atoms with Gasteiger partial charge in [0.1, 0.15) is 17.1 Å². The molecule has 0 radical (unpaired) electrons. The van der Waals surface area contributed by atoms with E-state index in [-0.39, 0.29) is 11.3 Å². The predicted octanol–water partition coefficient (Wildman–Crippen LogP) is 1.56. The van der Waals surface area contributed by atoms with E-state index in [1.165, 1.54) is 19.9 Å². The molecule has 1 aromatic carbocycles. The zero-order valence-electron chi connectivity index (χ0n) is 8.91. The third-order valence-corrected chi connectivity index (χ3v) is 1.90. The molecule has 5 heteroatoms. The lowest BCUT2D eigenvalue weighted by atomic mass is 10.1. The molecule has 0 heterocycles. The highest BCUT2D eigenvalue weighted by Crippen LogP contribution is 2.15. The zero-order valence-corrected chi connectivity index (χ0v) is 8.91. The maximum absolute atomic E-state index is 13.3. The Bertz CT molecular complexity index is 464. The molecule has 1 rings (SSSR count). The molecule has 1 amide bonds. The zero-order chi connectivity index (χ0) is 12.3. The number of nitriles is 1. The van der Waals surface area contributed by atoms with Crippen LogP contribution in [0.15, 0.2) is 18.2 Å². The highest BCUT2D eigenvalue weighted by atomic mass is 19.1. The fourth-order valence-electron chi connectivity index (χ4n) is 1.07. The minimum atomic E-state index is -1.07. The van der Waals surface area contributed by atoms with Crippen LogP contribution in [-0.2, 0) is 0 Å². The first-order valence-electron chi connectivity index (χ1n) is 4.58. The van der Waals surface area contributed by atoms with Gasteiger partial charge in [0.05, 0.1) is 11.6 Å². The van der Waals surface area contributed by atoms with Crippen molar-refractivity contribution in [3.63, 3.8) is 0 Å². The van der Waals surface area contributed by atoms with Crippen LogP contribution in [0, 0.1) is 17.1 Å². The number of carbonyl (C=O) groups excluding carboxylic acids is 1. The normalized spacial score (nSPS) is 10.6. The van der Waals surface area contributed by atoms with Crippen LogP contribution in [0.3, 0.4) is 0 Å². The summed E-state index contributed by atoms with van der Waals surface area (Å²) in [5.74, 6) is -1.77. The molecule has 0 aromatic heterocycles. The summed E-state index contributed by atoms with van der Waals surface area (Å²) in [6.45, 7) is 3.01. The Morgan fingerprint density at radius 3 is 2.69 bits per heavy atom. The maximum atomic E-state index is 13.3. The number of amides is 1. The number of nitrogens with zero attached hydrogens (tertiary/aromatic N) is 1. The number of benzene rings is 1. The number of carbonyl (C=O) groups is 1. The molecule has 0 spiro atoms. The summed E-state index contributed by atoms with van der Waals surface area (Å²) < 4.78 is 13.3. The van der Waals surface area contributed by atoms with Gasteiger partial charge in [-0.05, 0) is 26.0 Å². The highest BCUT2D eigenvalue weighted by Gasteiger charge is 2.22. The summed E-state index contributed by atoms with van der Waals surface area (Å²) >= 11 is 0. The molecule has 0 aliphatic heterocycles. The van der Waals surface area contributed by atoms with E-state index >= 15 is 0 Å². The van der Waals surface area contributed by atoms with Gasteiger partial charge >= 0.3 is 0 Å². The minimum absolute atomic E-state index is 0.207. The summed E-state index contributed by atoms with van der Waals surface area (Å²) in [5.41, 5.74) is -1.28. The number of hydrogen-bond donors (Lipinski definition) is 2. The molecular formula is C11H11FN2O2. The lowest BCUT2D eigenvalue weighted by Crippen LogP contribution is -2.42. The van der Waals surface area contributed by atoms with Gasteiger partial charge in [-0.2, -0.15) is 5.26 Å². The van der Waals surface area contributed by atoms with E-state index in [1.54, 1.807) is 0 Å². The van der Waals surface area contributed by atoms with Crippen molar-refractivity contribution < 1.29 is 14.3 Å². The third kappa shape index (κ3) is 2.70. The summed E-state index contributed by atoms with van der Waals surface area (Å²) in [6, 6.07) is 5.08. The van der Waals surface area contributed by atoms with E-state index < -0.39 is 17.3 Å². The Labute approximate surface area is 92.3 Å². The van der Waals surface area contributed by atoms with E-state index in [0.29, 0.717) is 0 Å². The molecule has 0 unspecified atom stereocenters. The third-order valence-electron chi connectivity index (χ3n) is 1.90. The molecule has 0 atom stereocenters. The lowest BCUT2D eigenvalue weighted by molar-refractivity contribution is 0.0925. The number of rotatable bonds is 2. The van der Waals surface area contributed by atoms with Crippen LogP contribution in [-0.4, -0.2) is 16.6 Å². The largest absolute Gasteiger partial charge is 0.508 e. The van der Waals surface area contributed by atoms with Crippen molar-refractivity contribution in [2.24, 2.45) is 0 Å². The Hall–Kier alpha value is -2.09. The van der Waals surface area contributed by atoms with E-state index in [4.69, 9.17) is 10.4 Å². The number of nitrogens with one attached hydrogen (secondary N) is 1. The molecule has 1 aromatic rings. The van der Waals surface area contributed by atoms with E-state index in [1.807, 2.05) is 6.07 Å². The minimum Gasteiger partial charge on any atom is -0.508 e. The smallest absolute Gasteiger partial charge is 0.255 e. The van der Waals surface area contributed by atoms with Gasteiger partial charge in [-0.3, -0.25) is 4.79 Å². The standard InChI is InChI=1S/C11H11FN2O2/c1-11(2,6-13)14-10(16)8-4-3-7(15)5-9(8)12/h3-5,15H,1-2H3,(H,14,16). The van der Waals surface area contributed by atoms with Gasteiger partial charge in [0, 0.05) is 6.07 Å². The van der Waals surface area contributed by atoms with Crippen LogP contribution < -0.4 is 5.32 Å². The maximum Gasteiger partial charge on any atom is 0.255 e. The van der Waals surface area contributed by atoms with Crippen molar-refractivity contribution in [1.29, 1.82) is 5.26 Å². The van der Waals surface area contributed by atoms with Crippen LogP contribution in [0.2, 0.25) is 0 Å². The van der Waals surface area contributed by atoms with E-state index in [0.717, 1.165) is 12.1 Å². The molecule has 0 fully saturated rings. The summed E-state index contributed by atoms with van der Waals surface area (Å²) in [6.07, 6.45) is 0. The first-order valence-corrected chi connectivity index (χ1v) is 4.58. The van der Waals surface area contributed by atoms with Gasteiger partial charge in [-0.25, -0.2) is 4.39 Å². The number of halogens is 1. The fraction of sp³-hybridized carbons (Fsp3) is 0.273. The Kier molecular flexibility index (Phi) is 3.14. The van der Waals surface area contributed by atoms with Crippen LogP contribution in [0.5, 0.6) is 5.75 Å². The summed E-state index contributed by atoms with van der Waals surface area (Å²) in [7, 11) is 0. The predicted molar refractivity (Wildman–Crippen MR) is 55.2 cm³/mol. The fourth-order valence-corrected chi connectivity index (χ4v) is 1.07. The first kappa shape index (κ1) is 12.0. The number of hydrogen-bond acceptors (Lipinski definition) is 3. The van der Waals surface area contributed by atoms with Crippen molar-refractivity contribution >= 4 is 5.91 Å². The molecule has 4 nitrogen and oxygen atoms in total. The quantitative estimate of drug-likeness (QED) is 0.797. The Morgan fingerprint density at radius 2 is 2.19 bits per heavy atom. The Morgan fingerprint density at radius 1 is 1.56 bits per heavy atom. The van der Waals surface area contributed by atoms with Crippen molar-refractivity contribution in [2.75, 3.05) is 0 Å². The molecule has 0 saturated heterocycles. The molecule has 2 N–H and O–H groups in total. The second-order valence-electron chi connectivity index (χ2n) is 3.86. The molecular weight excluding hydrogens is 211 g/mol. The highest BCUT2D eigenvalue weighted by molar-refractivity contribution is 5.95. The lowest BCUT2D eigenvalue weighted by Gasteiger charge is -2.17. The van der Waals surface area contributed by atoms with Crippen molar-refractivity contribution in [3.8, 4) is 11.8 Å². The molecule has 84 valence electrons. The molecule has 0 saturated carbocycles. The second-order valence-corrected chi connectivity index (χ2v) is 3.86. The monoisotopic (exact) mass is 222 g/mol. The molecule has 16 heavy (non-hydrogen) atoms. The average Bonchev–Trinajstić information content (AvgIpc) is 2.16. The van der Waals surface area contributed by atoms with Gasteiger partial charge in [0.15, 0.2) is 0 Å². The number of phenolic OH excluding ortho intramolecular Hbond substituents is 1. The molecule has 0 bridgehead atoms. The van der Waals surface area contributed by atoms with Crippen LogP contribution in [0.4, 0.5) is 4.39 Å². The van der Waals surface area contributed by atoms with Gasteiger partial charge in [-0.1, -0.05) is 0 Å². The van der Waals surface area contributed by atoms with Gasteiger partial charge < -0.3 is 10.4 Å². The van der Waals surface area contributed by atoms with Crippen LogP contribution >= 0.6 is 0 Å². The van der Waals surface area contributed by atoms with Gasteiger partial charge in [0.25, 0.3) is 5.91 Å². The number of phenols is 1. The topological polar surface area (TPSA) is 73.1 Å². The van der Waals surface area contributed by atoms with Crippen molar-refractivity contribution in [3.05, 3.63) is 29.6 Å². The van der Waals surface area contributed by atoms with Gasteiger partial charge in [0.2, 0.25) is 0 Å². The number of aromatic hydroxyl groups is 1. The molecule has 0 aliphatic carbocycles. The summed E-state index contributed by atoms with van der Waals surface area (Å²) in [5, 5.41) is 20.0. The van der Waals surface area contributed by atoms with E-state index in [9.17, 15) is 9.18 Å². The first-order chi connectivity index (χ1) is 7.35. The van der Waals surface area contributed by atoms with Crippen molar-refractivity contribution in [2.45, 2.75) is 19.4 Å².